The van der Waals surface area contributed by atoms with E-state index in [9.17, 15) is 0 Å². The summed E-state index contributed by atoms with van der Waals surface area (Å²) in [6.45, 7) is 0. The fourth-order valence-corrected chi connectivity index (χ4v) is 0. The topological polar surface area (TPSA) is 0 Å². The second kappa shape index (κ2) is 19.0. The molecule has 0 unspecified atom stereocenters. The van der Waals surface area contributed by atoms with Crippen molar-refractivity contribution < 1.29 is 56.9 Å². The van der Waals surface area contributed by atoms with Crippen molar-refractivity contribution in [3.63, 3.8) is 0 Å². The third-order valence-electron chi connectivity index (χ3n) is 0. The van der Waals surface area contributed by atoms with Crippen LogP contribution in [0, 0.1) is 0 Å². The van der Waals surface area contributed by atoms with Gasteiger partial charge in [-0.3, -0.25) is 0 Å². The first-order valence-corrected chi connectivity index (χ1v) is 2.37. The monoisotopic (exact) mass is 433 g/mol. The van der Waals surface area contributed by atoms with Crippen molar-refractivity contribution in [1.29, 1.82) is 0 Å². The minimum absolute atomic E-state index is 0. The molecule has 33 valence electrons. The first kappa shape index (κ1) is 16.4. The molecule has 2 radical (unpaired) electrons. The van der Waals surface area contributed by atoms with E-state index < -0.39 is 0 Å². The summed E-state index contributed by atoms with van der Waals surface area (Å²) in [4.78, 5) is 0. The molecule has 0 rings (SSSR count). The summed E-state index contributed by atoms with van der Waals surface area (Å²) in [5.74, 6) is 0. The van der Waals surface area contributed by atoms with E-state index in [2.05, 4.69) is 9.69 Å². The van der Waals surface area contributed by atoms with Crippen molar-refractivity contribution in [2.24, 2.45) is 0 Å². The predicted molar refractivity (Wildman–Crippen MR) is 5.85 cm³/mol. The van der Waals surface area contributed by atoms with Crippen LogP contribution in [0.15, 0.2) is 0 Å². The van der Waals surface area contributed by atoms with Crippen LogP contribution in [0.5, 0.6) is 0 Å². The second-order valence-electron chi connectivity index (χ2n) is 0. The van der Waals surface area contributed by atoms with Gasteiger partial charge in [0.05, 0.1) is 0 Å². The third kappa shape index (κ3) is 8.89. The zero-order valence-corrected chi connectivity index (χ0v) is 7.93. The van der Waals surface area contributed by atoms with Gasteiger partial charge in [0.15, 0.2) is 0 Å². The van der Waals surface area contributed by atoms with E-state index in [0.717, 1.165) is 0 Å². The number of hydrogen-bond acceptors (Lipinski definition) is 0. The molecular weight excluding hydrogens is 432 g/mol. The van der Waals surface area contributed by atoms with Crippen LogP contribution in [0.2, 0.25) is 0 Å². The van der Waals surface area contributed by atoms with Crippen LogP contribution >= 0.6 is 9.69 Å². The molecule has 0 aliphatic rings. The van der Waals surface area contributed by atoms with E-state index >= 15 is 0 Å². The molecule has 0 N–H and O–H groups in total. The molecule has 0 heterocycles. The van der Waals surface area contributed by atoms with E-state index in [4.69, 9.17) is 0 Å². The summed E-state index contributed by atoms with van der Waals surface area (Å²) in [5.41, 5.74) is 0. The van der Waals surface area contributed by atoms with Gasteiger partial charge in [-0.2, -0.15) is 0 Å². The minimum Gasteiger partial charge on any atom is 0 e. The molecule has 0 saturated carbocycles. The Hall–Kier alpha value is 2.19. The standard InChI is InChI=1S/ClH.Ir.Rh.Ru/h1H;;;/q;;;+1/p-1. The van der Waals surface area contributed by atoms with E-state index in [1.807, 2.05) is 17.3 Å². The van der Waals surface area contributed by atoms with Crippen molar-refractivity contribution in [3.05, 3.63) is 0 Å². The fraction of sp³-hybridized carbons (Fsp3) is 0. The van der Waals surface area contributed by atoms with Crippen molar-refractivity contribution in [1.82, 2.24) is 0 Å². The molecule has 0 atom stereocenters. The molecule has 0 aromatic carbocycles. The third-order valence-corrected chi connectivity index (χ3v) is 0. The Kier molecular flexibility index (Phi) is 77.9. The van der Waals surface area contributed by atoms with Gasteiger partial charge in [0.1, 0.15) is 0 Å². The molecule has 0 aliphatic heterocycles. The molecule has 0 nitrogen and oxygen atoms in total. The second-order valence-corrected chi connectivity index (χ2v) is 0. The summed E-state index contributed by atoms with van der Waals surface area (Å²) >= 11 is 1.82. The van der Waals surface area contributed by atoms with E-state index in [1.54, 1.807) is 0 Å². The van der Waals surface area contributed by atoms with Crippen LogP contribution in [0.1, 0.15) is 0 Å². The zero-order chi connectivity index (χ0) is 2.00. The number of hydrogen-bond donors (Lipinski definition) is 0. The average Bonchev–Trinajstić information content (AvgIpc) is 1.00. The number of rotatable bonds is 0. The Bertz CT molecular complexity index is 8.00. The Labute approximate surface area is 65.9 Å². The Morgan fingerprint density at radius 2 is 1.25 bits per heavy atom. The largest absolute Gasteiger partial charge is 0 e. The molecule has 0 aliphatic carbocycles. The SMILES string of the molecule is [Cl][Ru].[Ir].[Rh]. The molecule has 0 bridgehead atoms. The minimum atomic E-state index is 0. The van der Waals surface area contributed by atoms with Crippen molar-refractivity contribution in [2.75, 3.05) is 0 Å². The van der Waals surface area contributed by atoms with Gasteiger partial charge in [0, 0.05) is 39.6 Å². The molecule has 4 heteroatoms. The van der Waals surface area contributed by atoms with Crippen LogP contribution < -0.4 is 0 Å². The van der Waals surface area contributed by atoms with Gasteiger partial charge in [-0.05, 0) is 0 Å². The quantitative estimate of drug-likeness (QED) is 0.495. The molecular formula is ClIrRhRu. The van der Waals surface area contributed by atoms with Gasteiger partial charge in [0.2, 0.25) is 0 Å². The predicted octanol–water partition coefficient (Wildman–Crippen LogP) is 0.682. The van der Waals surface area contributed by atoms with Gasteiger partial charge in [0.25, 0.3) is 0 Å². The van der Waals surface area contributed by atoms with Gasteiger partial charge in [-0.15, -0.1) is 0 Å². The van der Waals surface area contributed by atoms with Crippen LogP contribution in [-0.4, -0.2) is 0 Å². The maximum atomic E-state index is 4.57. The van der Waals surface area contributed by atoms with E-state index in [0.29, 0.717) is 0 Å². The Balaban J connectivity index is -0.00000000500. The first-order chi connectivity index (χ1) is 1.00. The smallest absolute Gasteiger partial charge is 0 e. The molecule has 4 heavy (non-hydrogen) atoms. The average molecular weight is 432 g/mol. The molecule has 0 amide bonds. The van der Waals surface area contributed by atoms with Gasteiger partial charge in [-0.1, -0.05) is 0 Å². The first-order valence-electron chi connectivity index (χ1n) is 0.134. The summed E-state index contributed by atoms with van der Waals surface area (Å²) in [5, 5.41) is 0. The summed E-state index contributed by atoms with van der Waals surface area (Å²) < 4.78 is 0. The normalized spacial score (nSPS) is 1.50. The van der Waals surface area contributed by atoms with Crippen molar-refractivity contribution >= 4 is 9.69 Å². The molecule has 0 aromatic heterocycles. The van der Waals surface area contributed by atoms with Crippen LogP contribution in [-0.2, 0) is 56.9 Å². The summed E-state index contributed by atoms with van der Waals surface area (Å²) in [6, 6.07) is 0. The van der Waals surface area contributed by atoms with Gasteiger partial charge in [-0.25, -0.2) is 0 Å². The molecule has 0 fully saturated rings. The Morgan fingerprint density at radius 1 is 1.25 bits per heavy atom. The van der Waals surface area contributed by atoms with Crippen molar-refractivity contribution in [3.8, 4) is 0 Å². The molecule has 0 saturated heterocycles. The summed E-state index contributed by atoms with van der Waals surface area (Å²) in [6.07, 6.45) is 0. The molecule has 0 aromatic rings. The van der Waals surface area contributed by atoms with Crippen LogP contribution in [0.3, 0.4) is 0 Å². The van der Waals surface area contributed by atoms with E-state index in [1.165, 1.54) is 0 Å². The Morgan fingerprint density at radius 3 is 1.25 bits per heavy atom. The zero-order valence-electron chi connectivity index (χ0n) is 1.40. The number of halogens is 1. The van der Waals surface area contributed by atoms with Gasteiger partial charge >= 0.3 is 27.0 Å². The fourth-order valence-electron chi connectivity index (χ4n) is 0. The van der Waals surface area contributed by atoms with Crippen molar-refractivity contribution in [2.45, 2.75) is 0 Å². The maximum Gasteiger partial charge on any atom is 0 e. The maximum absolute atomic E-state index is 4.57. The van der Waals surface area contributed by atoms with Gasteiger partial charge < -0.3 is 0 Å². The molecule has 0 spiro atoms. The van der Waals surface area contributed by atoms with Crippen LogP contribution in [0.4, 0.5) is 0 Å². The summed E-state index contributed by atoms with van der Waals surface area (Å²) in [7, 11) is 4.57. The van der Waals surface area contributed by atoms with Crippen LogP contribution in [0.25, 0.3) is 0 Å². The van der Waals surface area contributed by atoms with E-state index in [-0.39, 0.29) is 39.6 Å².